The lowest BCUT2D eigenvalue weighted by molar-refractivity contribution is 0.102. The number of nitrogens with zero attached hydrogens (tertiary/aromatic N) is 3. The van der Waals surface area contributed by atoms with Gasteiger partial charge in [0, 0.05) is 19.3 Å². The summed E-state index contributed by atoms with van der Waals surface area (Å²) in [5.74, 6) is -0.286. The number of aryl methyl sites for hydroxylation is 1. The van der Waals surface area contributed by atoms with E-state index in [0.717, 1.165) is 29.9 Å². The number of hydrogen-bond donors (Lipinski definition) is 1. The molecule has 5 nitrogen and oxygen atoms in total. The third kappa shape index (κ3) is 3.67. The molecule has 118 valence electrons. The van der Waals surface area contributed by atoms with Gasteiger partial charge in [-0.2, -0.15) is 5.10 Å². The van der Waals surface area contributed by atoms with Gasteiger partial charge in [0.05, 0.1) is 10.7 Å². The third-order valence-electron chi connectivity index (χ3n) is 3.57. The molecule has 0 aliphatic rings. The molecule has 0 saturated heterocycles. The molecule has 22 heavy (non-hydrogen) atoms. The molecule has 2 rings (SSSR count). The predicted molar refractivity (Wildman–Crippen MR) is 89.6 cm³/mol. The fourth-order valence-corrected chi connectivity index (χ4v) is 2.36. The summed E-state index contributed by atoms with van der Waals surface area (Å²) in [5, 5.41) is 7.48. The molecule has 0 saturated carbocycles. The molecule has 2 aromatic rings. The summed E-state index contributed by atoms with van der Waals surface area (Å²) in [6.07, 6.45) is 0.860. The smallest absolute Gasteiger partial charge is 0.277 e. The molecule has 6 heteroatoms. The molecule has 1 aromatic carbocycles. The molecule has 1 amide bonds. The zero-order valence-corrected chi connectivity index (χ0v) is 14.1. The average molecular weight is 321 g/mol. The zero-order valence-electron chi connectivity index (χ0n) is 13.4. The van der Waals surface area contributed by atoms with Gasteiger partial charge in [0.1, 0.15) is 0 Å². The molecular formula is C16H21ClN4O. The van der Waals surface area contributed by atoms with Crippen molar-refractivity contribution in [2.75, 3.05) is 26.0 Å². The van der Waals surface area contributed by atoms with Crippen LogP contribution in [0.2, 0.25) is 5.02 Å². The molecule has 0 bridgehead atoms. The van der Waals surface area contributed by atoms with E-state index in [0.29, 0.717) is 5.02 Å². The number of carbonyl (C=O) groups excluding carboxylic acids is 1. The number of carbonyl (C=O) groups is 1. The van der Waals surface area contributed by atoms with Crippen molar-refractivity contribution in [1.29, 1.82) is 0 Å². The Kier molecular flexibility index (Phi) is 5.21. The summed E-state index contributed by atoms with van der Waals surface area (Å²) < 4.78 is 1.61. The van der Waals surface area contributed by atoms with Crippen LogP contribution in [-0.4, -0.2) is 41.2 Å². The molecular weight excluding hydrogens is 300 g/mol. The number of halogens is 1. The lowest BCUT2D eigenvalue weighted by Crippen LogP contribution is -2.18. The summed E-state index contributed by atoms with van der Waals surface area (Å²) in [6.45, 7) is 2.74. The van der Waals surface area contributed by atoms with Crippen LogP contribution in [0.1, 0.15) is 21.7 Å². The molecule has 1 heterocycles. The minimum atomic E-state index is -0.286. The summed E-state index contributed by atoms with van der Waals surface area (Å²) >= 11 is 6.17. The minimum absolute atomic E-state index is 0.254. The minimum Gasteiger partial charge on any atom is -0.320 e. The van der Waals surface area contributed by atoms with Crippen molar-refractivity contribution in [2.24, 2.45) is 7.05 Å². The van der Waals surface area contributed by atoms with Crippen molar-refractivity contribution < 1.29 is 4.79 Å². The number of aromatic nitrogens is 2. The Labute approximate surface area is 135 Å². The number of likely N-dealkylation sites (N-methyl/N-ethyl adjacent to an activating group) is 1. The van der Waals surface area contributed by atoms with Crippen molar-refractivity contribution >= 4 is 23.2 Å². The Morgan fingerprint density at radius 3 is 2.64 bits per heavy atom. The van der Waals surface area contributed by atoms with Gasteiger partial charge in [-0.05, 0) is 39.1 Å². The first-order valence-corrected chi connectivity index (χ1v) is 7.51. The van der Waals surface area contributed by atoms with Crippen molar-refractivity contribution in [2.45, 2.75) is 13.3 Å². The van der Waals surface area contributed by atoms with Crippen LogP contribution in [0.3, 0.4) is 0 Å². The quantitative estimate of drug-likeness (QED) is 0.921. The van der Waals surface area contributed by atoms with E-state index in [4.69, 9.17) is 11.6 Å². The normalized spacial score (nSPS) is 11.0. The van der Waals surface area contributed by atoms with E-state index < -0.39 is 0 Å². The highest BCUT2D eigenvalue weighted by molar-refractivity contribution is 6.34. The second kappa shape index (κ2) is 6.94. The van der Waals surface area contributed by atoms with Crippen LogP contribution in [-0.2, 0) is 13.5 Å². The van der Waals surface area contributed by atoms with Gasteiger partial charge in [0.15, 0.2) is 5.69 Å². The van der Waals surface area contributed by atoms with Crippen molar-refractivity contribution in [1.82, 2.24) is 14.7 Å². The van der Waals surface area contributed by atoms with Gasteiger partial charge in [-0.15, -0.1) is 0 Å². The Balaban J connectivity index is 2.19. The highest BCUT2D eigenvalue weighted by Crippen LogP contribution is 2.22. The van der Waals surface area contributed by atoms with Crippen molar-refractivity contribution in [3.63, 3.8) is 0 Å². The van der Waals surface area contributed by atoms with Crippen LogP contribution < -0.4 is 5.32 Å². The fourth-order valence-electron chi connectivity index (χ4n) is 2.11. The SMILES string of the molecule is Cc1c(Cl)c(C(=O)Nc2ccccc2CCN(C)C)nn1C. The van der Waals surface area contributed by atoms with E-state index in [9.17, 15) is 4.79 Å². The standard InChI is InChI=1S/C16H21ClN4O/c1-11-14(17)15(19-21(11)4)16(22)18-13-8-6-5-7-12(13)9-10-20(2)3/h5-8H,9-10H2,1-4H3,(H,18,22). The van der Waals surface area contributed by atoms with Gasteiger partial charge in [-0.3, -0.25) is 9.48 Å². The summed E-state index contributed by atoms with van der Waals surface area (Å²) in [5.41, 5.74) is 2.92. The van der Waals surface area contributed by atoms with Crippen LogP contribution in [0.25, 0.3) is 0 Å². The first kappa shape index (κ1) is 16.5. The number of nitrogens with one attached hydrogen (secondary N) is 1. The monoisotopic (exact) mass is 320 g/mol. The van der Waals surface area contributed by atoms with E-state index in [1.807, 2.05) is 45.3 Å². The molecule has 0 aliphatic heterocycles. The highest BCUT2D eigenvalue weighted by Gasteiger charge is 2.19. The Bertz CT molecular complexity index is 679. The van der Waals surface area contributed by atoms with E-state index >= 15 is 0 Å². The average Bonchev–Trinajstić information content (AvgIpc) is 2.74. The molecule has 0 radical (unpaired) electrons. The fraction of sp³-hybridized carbons (Fsp3) is 0.375. The van der Waals surface area contributed by atoms with E-state index in [1.165, 1.54) is 0 Å². The van der Waals surface area contributed by atoms with Gasteiger partial charge in [0.2, 0.25) is 0 Å². The van der Waals surface area contributed by atoms with Crippen LogP contribution in [0.4, 0.5) is 5.69 Å². The van der Waals surface area contributed by atoms with E-state index in [2.05, 4.69) is 15.3 Å². The summed E-state index contributed by atoms with van der Waals surface area (Å²) in [7, 11) is 5.82. The third-order valence-corrected chi connectivity index (χ3v) is 4.02. The number of hydrogen-bond acceptors (Lipinski definition) is 3. The second-order valence-electron chi connectivity index (χ2n) is 5.54. The topological polar surface area (TPSA) is 50.2 Å². The first-order chi connectivity index (χ1) is 10.4. The Morgan fingerprint density at radius 1 is 1.36 bits per heavy atom. The second-order valence-corrected chi connectivity index (χ2v) is 5.91. The van der Waals surface area contributed by atoms with Crippen LogP contribution in [0.5, 0.6) is 0 Å². The molecule has 0 spiro atoms. The maximum absolute atomic E-state index is 12.4. The maximum atomic E-state index is 12.4. The van der Waals surface area contributed by atoms with Gasteiger partial charge in [0.25, 0.3) is 5.91 Å². The van der Waals surface area contributed by atoms with E-state index in [-0.39, 0.29) is 11.6 Å². The predicted octanol–water partition coefficient (Wildman–Crippen LogP) is 2.74. The number of rotatable bonds is 5. The maximum Gasteiger partial charge on any atom is 0.277 e. The molecule has 1 aromatic heterocycles. The van der Waals surface area contributed by atoms with E-state index in [1.54, 1.807) is 11.7 Å². The molecule has 1 N–H and O–H groups in total. The van der Waals surface area contributed by atoms with Crippen LogP contribution >= 0.6 is 11.6 Å². The lowest BCUT2D eigenvalue weighted by Gasteiger charge is -2.13. The van der Waals surface area contributed by atoms with Gasteiger partial charge >= 0.3 is 0 Å². The van der Waals surface area contributed by atoms with Crippen molar-refractivity contribution in [3.8, 4) is 0 Å². The van der Waals surface area contributed by atoms with Crippen LogP contribution in [0, 0.1) is 6.92 Å². The number of anilines is 1. The molecule has 0 atom stereocenters. The van der Waals surface area contributed by atoms with Crippen LogP contribution in [0.15, 0.2) is 24.3 Å². The Morgan fingerprint density at radius 2 is 2.05 bits per heavy atom. The van der Waals surface area contributed by atoms with Gasteiger partial charge < -0.3 is 10.2 Å². The summed E-state index contributed by atoms with van der Waals surface area (Å²) in [6, 6.07) is 7.79. The zero-order chi connectivity index (χ0) is 16.3. The van der Waals surface area contributed by atoms with Crippen molar-refractivity contribution in [3.05, 3.63) is 46.2 Å². The first-order valence-electron chi connectivity index (χ1n) is 7.13. The number of amides is 1. The molecule has 0 aliphatic carbocycles. The largest absolute Gasteiger partial charge is 0.320 e. The number of benzene rings is 1. The highest BCUT2D eigenvalue weighted by atomic mass is 35.5. The van der Waals surface area contributed by atoms with Gasteiger partial charge in [-0.25, -0.2) is 0 Å². The molecule has 0 unspecified atom stereocenters. The number of para-hydroxylation sites is 1. The summed E-state index contributed by atoms with van der Waals surface area (Å²) in [4.78, 5) is 14.5. The lowest BCUT2D eigenvalue weighted by atomic mass is 10.1. The Hall–Kier alpha value is -1.85. The van der Waals surface area contributed by atoms with Gasteiger partial charge in [-0.1, -0.05) is 29.8 Å². The molecule has 0 fully saturated rings.